The van der Waals surface area contributed by atoms with Crippen LogP contribution >= 0.6 is 0 Å². The summed E-state index contributed by atoms with van der Waals surface area (Å²) in [6, 6.07) is 11.3. The van der Waals surface area contributed by atoms with Crippen molar-refractivity contribution in [2.75, 3.05) is 14.2 Å². The van der Waals surface area contributed by atoms with E-state index in [-0.39, 0.29) is 16.4 Å². The lowest BCUT2D eigenvalue weighted by atomic mass is 10.1. The van der Waals surface area contributed by atoms with Crippen LogP contribution in [0.15, 0.2) is 60.0 Å². The highest BCUT2D eigenvalue weighted by Crippen LogP contribution is 2.33. The van der Waals surface area contributed by atoms with Crippen LogP contribution in [0.2, 0.25) is 0 Å². The van der Waals surface area contributed by atoms with E-state index < -0.39 is 10.1 Å². The van der Waals surface area contributed by atoms with Crippen molar-refractivity contribution >= 4 is 10.1 Å². The van der Waals surface area contributed by atoms with Gasteiger partial charge in [0, 0.05) is 0 Å². The molecule has 0 saturated heterocycles. The molecule has 0 aliphatic heterocycles. The molecule has 23 heavy (non-hydrogen) atoms. The summed E-state index contributed by atoms with van der Waals surface area (Å²) in [7, 11) is -1.18. The second kappa shape index (κ2) is 7.19. The van der Waals surface area contributed by atoms with E-state index in [4.69, 9.17) is 13.7 Å². The summed E-state index contributed by atoms with van der Waals surface area (Å²) < 4.78 is 40.5. The lowest BCUT2D eigenvalue weighted by Gasteiger charge is -2.13. The van der Waals surface area contributed by atoms with Crippen molar-refractivity contribution in [2.45, 2.75) is 11.3 Å². The van der Waals surface area contributed by atoms with Gasteiger partial charge in [0.05, 0.1) is 14.2 Å². The summed E-state index contributed by atoms with van der Waals surface area (Å²) in [5, 5.41) is 0. The Morgan fingerprint density at radius 3 is 2.35 bits per heavy atom. The van der Waals surface area contributed by atoms with Gasteiger partial charge in [-0.2, -0.15) is 8.42 Å². The third-order valence-corrected chi connectivity index (χ3v) is 4.42. The summed E-state index contributed by atoms with van der Waals surface area (Å²) in [4.78, 5) is -0.0419. The molecular weight excluding hydrogens is 316 g/mol. The zero-order valence-corrected chi connectivity index (χ0v) is 13.8. The maximum atomic E-state index is 12.5. The Kier molecular flexibility index (Phi) is 5.28. The molecule has 0 aliphatic carbocycles. The van der Waals surface area contributed by atoms with Crippen molar-refractivity contribution < 1.29 is 22.1 Å². The first-order chi connectivity index (χ1) is 11.0. The van der Waals surface area contributed by atoms with E-state index in [1.54, 1.807) is 42.5 Å². The van der Waals surface area contributed by atoms with Crippen molar-refractivity contribution in [1.29, 1.82) is 0 Å². The van der Waals surface area contributed by atoms with Crippen LogP contribution in [0.5, 0.6) is 17.2 Å². The van der Waals surface area contributed by atoms with E-state index >= 15 is 0 Å². The molecule has 6 heteroatoms. The van der Waals surface area contributed by atoms with Gasteiger partial charge in [-0.15, -0.1) is 6.58 Å². The standard InChI is InChI=1S/C17H18O5S/c1-4-7-13-10-11-14(16(12-13)21-3)22-23(18,19)17-9-6-5-8-15(17)20-2/h4-6,8-12H,1,7H2,2-3H3. The number of methoxy groups -OCH3 is 2. The van der Waals surface area contributed by atoms with Crippen LogP contribution in [0.25, 0.3) is 0 Å². The Hall–Kier alpha value is -2.47. The monoisotopic (exact) mass is 334 g/mol. The number of hydrogen-bond donors (Lipinski definition) is 0. The van der Waals surface area contributed by atoms with Gasteiger partial charge in [-0.1, -0.05) is 24.3 Å². The van der Waals surface area contributed by atoms with E-state index in [9.17, 15) is 8.42 Å². The summed E-state index contributed by atoms with van der Waals surface area (Å²) in [6.45, 7) is 3.67. The van der Waals surface area contributed by atoms with Crippen LogP contribution < -0.4 is 13.7 Å². The van der Waals surface area contributed by atoms with Crippen molar-refractivity contribution in [3.05, 3.63) is 60.7 Å². The van der Waals surface area contributed by atoms with Crippen LogP contribution in [0.4, 0.5) is 0 Å². The quantitative estimate of drug-likeness (QED) is 0.575. The van der Waals surface area contributed by atoms with E-state index in [1.165, 1.54) is 20.3 Å². The van der Waals surface area contributed by atoms with Crippen LogP contribution in [0.1, 0.15) is 5.56 Å². The van der Waals surface area contributed by atoms with E-state index in [1.807, 2.05) is 0 Å². The molecule has 0 fully saturated rings. The Balaban J connectivity index is 2.39. The Bertz CT molecular complexity index is 796. The lowest BCUT2D eigenvalue weighted by Crippen LogP contribution is -2.11. The van der Waals surface area contributed by atoms with Gasteiger partial charge >= 0.3 is 10.1 Å². The van der Waals surface area contributed by atoms with E-state index in [2.05, 4.69) is 6.58 Å². The maximum absolute atomic E-state index is 12.5. The SMILES string of the molecule is C=CCc1ccc(OS(=O)(=O)c2ccccc2OC)c(OC)c1. The van der Waals surface area contributed by atoms with Gasteiger partial charge in [0.25, 0.3) is 0 Å². The molecule has 0 bridgehead atoms. The molecule has 0 atom stereocenters. The number of allylic oxidation sites excluding steroid dienone is 1. The molecule has 2 aromatic rings. The summed E-state index contributed by atoms with van der Waals surface area (Å²) >= 11 is 0. The van der Waals surface area contributed by atoms with Crippen LogP contribution in [0.3, 0.4) is 0 Å². The molecule has 0 saturated carbocycles. The first kappa shape index (κ1) is 16.9. The minimum atomic E-state index is -4.04. The summed E-state index contributed by atoms with van der Waals surface area (Å²) in [5.41, 5.74) is 0.943. The van der Waals surface area contributed by atoms with Crippen molar-refractivity contribution in [3.8, 4) is 17.2 Å². The summed E-state index contributed by atoms with van der Waals surface area (Å²) in [5.74, 6) is 0.670. The van der Waals surface area contributed by atoms with Crippen molar-refractivity contribution in [1.82, 2.24) is 0 Å². The first-order valence-electron chi connectivity index (χ1n) is 6.87. The fraction of sp³-hybridized carbons (Fsp3) is 0.176. The third-order valence-electron chi connectivity index (χ3n) is 3.15. The summed E-state index contributed by atoms with van der Waals surface area (Å²) in [6.07, 6.45) is 2.40. The van der Waals surface area contributed by atoms with Crippen LogP contribution in [0, 0.1) is 0 Å². The third kappa shape index (κ3) is 3.84. The zero-order valence-electron chi connectivity index (χ0n) is 13.0. The van der Waals surface area contributed by atoms with Gasteiger partial charge in [0.15, 0.2) is 11.5 Å². The average Bonchev–Trinajstić information content (AvgIpc) is 2.56. The molecule has 0 heterocycles. The van der Waals surface area contributed by atoms with Gasteiger partial charge in [-0.3, -0.25) is 0 Å². The Morgan fingerprint density at radius 1 is 1.00 bits per heavy atom. The first-order valence-corrected chi connectivity index (χ1v) is 8.28. The fourth-order valence-electron chi connectivity index (χ4n) is 2.06. The van der Waals surface area contributed by atoms with Crippen molar-refractivity contribution in [3.63, 3.8) is 0 Å². The number of hydrogen-bond acceptors (Lipinski definition) is 5. The predicted molar refractivity (Wildman–Crippen MR) is 87.7 cm³/mol. The molecule has 5 nitrogen and oxygen atoms in total. The molecule has 2 aromatic carbocycles. The maximum Gasteiger partial charge on any atom is 0.343 e. The van der Waals surface area contributed by atoms with Crippen LogP contribution in [-0.2, 0) is 16.5 Å². The highest BCUT2D eigenvalue weighted by molar-refractivity contribution is 7.87. The van der Waals surface area contributed by atoms with Gasteiger partial charge < -0.3 is 13.7 Å². The highest BCUT2D eigenvalue weighted by atomic mass is 32.2. The number of para-hydroxylation sites is 1. The van der Waals surface area contributed by atoms with Gasteiger partial charge in [-0.25, -0.2) is 0 Å². The number of benzene rings is 2. The number of ether oxygens (including phenoxy) is 2. The van der Waals surface area contributed by atoms with Gasteiger partial charge in [0.2, 0.25) is 0 Å². The van der Waals surface area contributed by atoms with E-state index in [0.29, 0.717) is 12.2 Å². The zero-order chi connectivity index (χ0) is 16.9. The average molecular weight is 334 g/mol. The fourth-order valence-corrected chi connectivity index (χ4v) is 3.17. The topological polar surface area (TPSA) is 61.8 Å². The smallest absolute Gasteiger partial charge is 0.343 e. The molecule has 0 unspecified atom stereocenters. The molecule has 0 radical (unpaired) electrons. The minimum Gasteiger partial charge on any atom is -0.495 e. The second-order valence-electron chi connectivity index (χ2n) is 4.67. The molecule has 2 rings (SSSR count). The number of rotatable bonds is 7. The van der Waals surface area contributed by atoms with Crippen LogP contribution in [-0.4, -0.2) is 22.6 Å². The Labute approximate surface area is 136 Å². The normalized spacial score (nSPS) is 10.9. The molecular formula is C17H18O5S. The molecule has 0 spiro atoms. The predicted octanol–water partition coefficient (Wildman–Crippen LogP) is 3.20. The molecule has 0 aliphatic rings. The molecule has 0 amide bonds. The minimum absolute atomic E-state index is 0.0419. The largest absolute Gasteiger partial charge is 0.495 e. The van der Waals surface area contributed by atoms with Gasteiger partial charge in [0.1, 0.15) is 10.6 Å². The van der Waals surface area contributed by atoms with Gasteiger partial charge in [-0.05, 0) is 36.2 Å². The second-order valence-corrected chi connectivity index (χ2v) is 6.18. The molecule has 0 N–H and O–H groups in total. The van der Waals surface area contributed by atoms with E-state index in [0.717, 1.165) is 5.56 Å². The molecule has 122 valence electrons. The lowest BCUT2D eigenvalue weighted by molar-refractivity contribution is 0.384. The molecule has 0 aromatic heterocycles. The van der Waals surface area contributed by atoms with Crippen molar-refractivity contribution in [2.24, 2.45) is 0 Å². The highest BCUT2D eigenvalue weighted by Gasteiger charge is 2.23. The Morgan fingerprint density at radius 2 is 1.70 bits per heavy atom.